The Hall–Kier alpha value is -3.26. The summed E-state index contributed by atoms with van der Waals surface area (Å²) in [6, 6.07) is 10.5. The molecule has 3 amide bonds. The molecule has 132 valence electrons. The molecule has 2 aromatic rings. The Bertz CT molecular complexity index is 944. The van der Waals surface area contributed by atoms with Gasteiger partial charge in [0.05, 0.1) is 21.2 Å². The minimum atomic E-state index is -0.775. The van der Waals surface area contributed by atoms with Crippen molar-refractivity contribution in [2.45, 2.75) is 6.42 Å². The molecule has 1 N–H and O–H groups in total. The molecule has 8 nitrogen and oxygen atoms in total. The summed E-state index contributed by atoms with van der Waals surface area (Å²) in [5.41, 5.74) is -0.286. The van der Waals surface area contributed by atoms with E-state index in [4.69, 9.17) is 11.6 Å². The first-order valence-corrected chi connectivity index (χ1v) is 7.96. The van der Waals surface area contributed by atoms with E-state index in [2.05, 4.69) is 5.32 Å². The number of fused-ring (bicyclic) bond motifs is 1. The van der Waals surface area contributed by atoms with Crippen molar-refractivity contribution in [3.8, 4) is 0 Å². The lowest BCUT2D eigenvalue weighted by Gasteiger charge is -2.13. The van der Waals surface area contributed by atoms with Crippen LogP contribution in [-0.2, 0) is 4.79 Å². The molecule has 3 rings (SSSR count). The molecule has 0 bridgehead atoms. The summed E-state index contributed by atoms with van der Waals surface area (Å²) >= 11 is 5.95. The maximum absolute atomic E-state index is 12.4. The number of benzene rings is 2. The van der Waals surface area contributed by atoms with Gasteiger partial charge in [-0.2, -0.15) is 0 Å². The molecule has 0 spiro atoms. The second kappa shape index (κ2) is 6.93. The van der Waals surface area contributed by atoms with Gasteiger partial charge in [0.2, 0.25) is 5.91 Å². The molecule has 0 radical (unpaired) electrons. The van der Waals surface area contributed by atoms with E-state index in [1.54, 1.807) is 24.3 Å². The number of hydrogen-bond donors (Lipinski definition) is 1. The van der Waals surface area contributed by atoms with Gasteiger partial charge in [-0.3, -0.25) is 29.4 Å². The van der Waals surface area contributed by atoms with Gasteiger partial charge < -0.3 is 5.32 Å². The van der Waals surface area contributed by atoms with Gasteiger partial charge in [-0.25, -0.2) is 0 Å². The Morgan fingerprint density at radius 1 is 1.12 bits per heavy atom. The van der Waals surface area contributed by atoms with E-state index < -0.39 is 28.3 Å². The van der Waals surface area contributed by atoms with Gasteiger partial charge in [-0.05, 0) is 18.2 Å². The van der Waals surface area contributed by atoms with E-state index in [-0.39, 0.29) is 24.1 Å². The van der Waals surface area contributed by atoms with Crippen LogP contribution in [-0.4, -0.2) is 34.1 Å². The van der Waals surface area contributed by atoms with Crippen LogP contribution in [0.4, 0.5) is 11.4 Å². The first-order valence-electron chi connectivity index (χ1n) is 7.58. The Morgan fingerprint density at radius 3 is 2.54 bits per heavy atom. The summed E-state index contributed by atoms with van der Waals surface area (Å²) in [6.07, 6.45) is -0.162. The molecular weight excluding hydrogens is 362 g/mol. The molecule has 1 aliphatic heterocycles. The summed E-state index contributed by atoms with van der Waals surface area (Å²) in [4.78, 5) is 48.0. The molecule has 26 heavy (non-hydrogen) atoms. The Labute approximate surface area is 152 Å². The van der Waals surface area contributed by atoms with Crippen LogP contribution in [0.15, 0.2) is 42.5 Å². The number of para-hydroxylation sites is 1. The van der Waals surface area contributed by atoms with Crippen LogP contribution in [0.3, 0.4) is 0 Å². The number of amides is 3. The molecule has 0 saturated heterocycles. The van der Waals surface area contributed by atoms with Gasteiger partial charge in [0.25, 0.3) is 17.5 Å². The molecule has 1 aliphatic rings. The number of nitrogens with one attached hydrogen (secondary N) is 1. The Kier molecular flexibility index (Phi) is 4.68. The molecular formula is C17H12ClN3O5. The van der Waals surface area contributed by atoms with Crippen LogP contribution in [0.2, 0.25) is 5.02 Å². The second-order valence-corrected chi connectivity index (χ2v) is 5.90. The number of nitro groups is 1. The molecule has 1 heterocycles. The maximum Gasteiger partial charge on any atom is 0.282 e. The number of anilines is 1. The fourth-order valence-corrected chi connectivity index (χ4v) is 2.84. The molecule has 9 heteroatoms. The lowest BCUT2D eigenvalue weighted by molar-refractivity contribution is -0.385. The average molecular weight is 374 g/mol. The van der Waals surface area contributed by atoms with E-state index in [1.165, 1.54) is 12.1 Å². The van der Waals surface area contributed by atoms with Crippen molar-refractivity contribution in [2.75, 3.05) is 11.9 Å². The van der Waals surface area contributed by atoms with Gasteiger partial charge in [0, 0.05) is 19.0 Å². The fraction of sp³-hybridized carbons (Fsp3) is 0.118. The molecule has 0 aliphatic carbocycles. The van der Waals surface area contributed by atoms with Crippen molar-refractivity contribution in [3.05, 3.63) is 68.7 Å². The summed E-state index contributed by atoms with van der Waals surface area (Å²) in [6.45, 7) is -0.195. The Balaban J connectivity index is 1.72. The summed E-state index contributed by atoms with van der Waals surface area (Å²) in [5.74, 6) is -1.87. The van der Waals surface area contributed by atoms with Gasteiger partial charge in [-0.1, -0.05) is 29.8 Å². The number of halogens is 1. The lowest BCUT2D eigenvalue weighted by atomic mass is 10.1. The van der Waals surface area contributed by atoms with Gasteiger partial charge in [-0.15, -0.1) is 0 Å². The van der Waals surface area contributed by atoms with E-state index in [1.807, 2.05) is 0 Å². The first-order chi connectivity index (χ1) is 12.4. The van der Waals surface area contributed by atoms with Crippen molar-refractivity contribution >= 4 is 40.7 Å². The zero-order valence-electron chi connectivity index (χ0n) is 13.3. The number of carbonyl (C=O) groups excluding carboxylic acids is 3. The molecule has 0 atom stereocenters. The largest absolute Gasteiger partial charge is 0.325 e. The molecule has 0 saturated carbocycles. The van der Waals surface area contributed by atoms with Crippen molar-refractivity contribution in [3.63, 3.8) is 0 Å². The standard InChI is InChI=1S/C17H12ClN3O5/c18-11-5-1-2-6-12(11)19-14(22)8-9-20-16(23)10-4-3-7-13(21(25)26)15(10)17(20)24/h1-7H,8-9H2,(H,19,22). The fourth-order valence-electron chi connectivity index (χ4n) is 2.66. The van der Waals surface area contributed by atoms with Crippen LogP contribution < -0.4 is 5.32 Å². The highest BCUT2D eigenvalue weighted by atomic mass is 35.5. The highest BCUT2D eigenvalue weighted by Gasteiger charge is 2.40. The predicted molar refractivity (Wildman–Crippen MR) is 93.2 cm³/mol. The number of carbonyl (C=O) groups is 3. The van der Waals surface area contributed by atoms with Crippen molar-refractivity contribution in [1.29, 1.82) is 0 Å². The zero-order valence-corrected chi connectivity index (χ0v) is 14.0. The first kappa shape index (κ1) is 17.6. The van der Waals surface area contributed by atoms with E-state index in [0.29, 0.717) is 10.7 Å². The highest BCUT2D eigenvalue weighted by Crippen LogP contribution is 2.30. The number of hydrogen-bond acceptors (Lipinski definition) is 5. The van der Waals surface area contributed by atoms with Crippen LogP contribution in [0, 0.1) is 10.1 Å². The average Bonchev–Trinajstić information content (AvgIpc) is 2.86. The number of imide groups is 1. The van der Waals surface area contributed by atoms with E-state index in [0.717, 1.165) is 11.0 Å². The van der Waals surface area contributed by atoms with E-state index >= 15 is 0 Å². The Morgan fingerprint density at radius 2 is 1.85 bits per heavy atom. The third-order valence-corrected chi connectivity index (χ3v) is 4.21. The third kappa shape index (κ3) is 3.14. The SMILES string of the molecule is O=C(CCN1C(=O)c2cccc([N+](=O)[O-])c2C1=O)Nc1ccccc1Cl. The minimum absolute atomic E-state index is 0.0317. The van der Waals surface area contributed by atoms with Gasteiger partial charge in [0.15, 0.2) is 0 Å². The quantitative estimate of drug-likeness (QED) is 0.492. The van der Waals surface area contributed by atoms with Crippen LogP contribution in [0.25, 0.3) is 0 Å². The predicted octanol–water partition coefficient (Wildman–Crippen LogP) is 2.87. The maximum atomic E-state index is 12.4. The normalized spacial score (nSPS) is 12.9. The molecule has 0 fully saturated rings. The lowest BCUT2D eigenvalue weighted by Crippen LogP contribution is -2.33. The van der Waals surface area contributed by atoms with E-state index in [9.17, 15) is 24.5 Å². The van der Waals surface area contributed by atoms with Gasteiger partial charge in [0.1, 0.15) is 5.56 Å². The number of nitro benzene ring substituents is 1. The second-order valence-electron chi connectivity index (χ2n) is 5.50. The van der Waals surface area contributed by atoms with Crippen LogP contribution >= 0.6 is 11.6 Å². The molecule has 2 aromatic carbocycles. The number of rotatable bonds is 5. The third-order valence-electron chi connectivity index (χ3n) is 3.88. The van der Waals surface area contributed by atoms with Crippen LogP contribution in [0.5, 0.6) is 0 Å². The number of nitrogens with zero attached hydrogens (tertiary/aromatic N) is 2. The van der Waals surface area contributed by atoms with Gasteiger partial charge >= 0.3 is 0 Å². The van der Waals surface area contributed by atoms with Crippen molar-refractivity contribution in [1.82, 2.24) is 4.90 Å². The molecule has 0 aromatic heterocycles. The zero-order chi connectivity index (χ0) is 18.8. The minimum Gasteiger partial charge on any atom is -0.325 e. The smallest absolute Gasteiger partial charge is 0.282 e. The topological polar surface area (TPSA) is 110 Å². The monoisotopic (exact) mass is 373 g/mol. The van der Waals surface area contributed by atoms with Crippen molar-refractivity contribution in [2.24, 2.45) is 0 Å². The van der Waals surface area contributed by atoms with Crippen LogP contribution in [0.1, 0.15) is 27.1 Å². The summed E-state index contributed by atoms with van der Waals surface area (Å²) in [5, 5.41) is 14.0. The van der Waals surface area contributed by atoms with Crippen molar-refractivity contribution < 1.29 is 19.3 Å². The summed E-state index contributed by atoms with van der Waals surface area (Å²) < 4.78 is 0. The molecule has 0 unspecified atom stereocenters. The highest BCUT2D eigenvalue weighted by molar-refractivity contribution is 6.33. The summed E-state index contributed by atoms with van der Waals surface area (Å²) in [7, 11) is 0.